The molecule has 1 heterocycles. The van der Waals surface area contributed by atoms with Gasteiger partial charge in [0.05, 0.1) is 23.2 Å². The Labute approximate surface area is 108 Å². The number of nitrogens with one attached hydrogen (secondary N) is 1. The molecule has 0 radical (unpaired) electrons. The van der Waals surface area contributed by atoms with Crippen LogP contribution in [0.3, 0.4) is 0 Å². The minimum atomic E-state index is -0.232. The van der Waals surface area contributed by atoms with Gasteiger partial charge in [0, 0.05) is 7.11 Å². The predicted octanol–water partition coefficient (Wildman–Crippen LogP) is 2.72. The van der Waals surface area contributed by atoms with Crippen molar-refractivity contribution in [3.63, 3.8) is 0 Å². The van der Waals surface area contributed by atoms with Gasteiger partial charge < -0.3 is 15.5 Å². The number of nitrogens with zero attached hydrogens (tertiary/aromatic N) is 1. The molecule has 2 atom stereocenters. The molecule has 0 unspecified atom stereocenters. The monoisotopic (exact) mass is 247 g/mol. The maximum atomic E-state index is 6.09. The third kappa shape index (κ3) is 2.40. The minimum Gasteiger partial charge on any atom is -0.380 e. The molecule has 0 spiro atoms. The molecule has 18 heavy (non-hydrogen) atoms. The van der Waals surface area contributed by atoms with Crippen LogP contribution in [-0.2, 0) is 4.74 Å². The Bertz CT molecular complexity index is 533. The zero-order chi connectivity index (χ0) is 13.3. The minimum absolute atomic E-state index is 0.0601. The van der Waals surface area contributed by atoms with Crippen LogP contribution in [0.25, 0.3) is 11.0 Å². The number of methoxy groups -OCH3 is 1. The molecule has 98 valence electrons. The summed E-state index contributed by atoms with van der Waals surface area (Å²) in [6.07, 6.45) is -0.0601. The number of hydrogen-bond acceptors (Lipinski definition) is 3. The second kappa shape index (κ2) is 5.08. The first-order chi connectivity index (χ1) is 8.52. The first kappa shape index (κ1) is 13.1. The zero-order valence-electron chi connectivity index (χ0n) is 11.4. The van der Waals surface area contributed by atoms with E-state index in [1.54, 1.807) is 7.11 Å². The molecular weight excluding hydrogens is 226 g/mol. The first-order valence-corrected chi connectivity index (χ1v) is 6.31. The lowest BCUT2D eigenvalue weighted by molar-refractivity contribution is 0.0935. The van der Waals surface area contributed by atoms with E-state index in [1.165, 1.54) is 5.56 Å². The van der Waals surface area contributed by atoms with Gasteiger partial charge in [-0.3, -0.25) is 0 Å². The summed E-state index contributed by atoms with van der Waals surface area (Å²) in [5, 5.41) is 0. The summed E-state index contributed by atoms with van der Waals surface area (Å²) in [4.78, 5) is 7.82. The fourth-order valence-corrected chi connectivity index (χ4v) is 1.93. The molecule has 0 aliphatic carbocycles. The van der Waals surface area contributed by atoms with Crippen LogP contribution in [0.15, 0.2) is 18.2 Å². The highest BCUT2D eigenvalue weighted by Crippen LogP contribution is 2.22. The Morgan fingerprint density at radius 2 is 2.00 bits per heavy atom. The number of aromatic nitrogens is 2. The largest absolute Gasteiger partial charge is 0.380 e. The Morgan fingerprint density at radius 1 is 1.28 bits per heavy atom. The summed E-state index contributed by atoms with van der Waals surface area (Å²) in [6, 6.07) is 6.07. The molecule has 2 aromatic rings. The highest BCUT2D eigenvalue weighted by molar-refractivity contribution is 5.76. The number of rotatable bonds is 4. The van der Waals surface area contributed by atoms with E-state index in [0.29, 0.717) is 5.92 Å². The molecular formula is C14H21N3O. The standard InChI is InChI=1S/C14H21N3O/c1-8(2)10-5-6-11-12(7-10)17-14(16-11)13(15)9(3)18-4/h5-9,13H,15H2,1-4H3,(H,16,17)/t9-,13-/m0/s1. The first-order valence-electron chi connectivity index (χ1n) is 6.31. The van der Waals surface area contributed by atoms with E-state index in [4.69, 9.17) is 10.5 Å². The lowest BCUT2D eigenvalue weighted by Crippen LogP contribution is -2.26. The second-order valence-electron chi connectivity index (χ2n) is 5.02. The SMILES string of the molecule is CO[C@@H](C)[C@H](N)c1nc2cc(C(C)C)ccc2[nH]1. The highest BCUT2D eigenvalue weighted by Gasteiger charge is 2.18. The molecule has 4 heteroatoms. The van der Waals surface area contributed by atoms with Gasteiger partial charge in [-0.2, -0.15) is 0 Å². The molecule has 2 rings (SSSR count). The Balaban J connectivity index is 2.38. The Morgan fingerprint density at radius 3 is 2.61 bits per heavy atom. The molecule has 3 N–H and O–H groups in total. The van der Waals surface area contributed by atoms with Crippen LogP contribution < -0.4 is 5.73 Å². The lowest BCUT2D eigenvalue weighted by Gasteiger charge is -2.15. The number of hydrogen-bond donors (Lipinski definition) is 2. The van der Waals surface area contributed by atoms with Crippen molar-refractivity contribution in [1.29, 1.82) is 0 Å². The average molecular weight is 247 g/mol. The molecule has 0 bridgehead atoms. The van der Waals surface area contributed by atoms with Gasteiger partial charge in [0.15, 0.2) is 0 Å². The smallest absolute Gasteiger partial charge is 0.126 e. The van der Waals surface area contributed by atoms with Crippen LogP contribution >= 0.6 is 0 Å². The molecule has 0 amide bonds. The van der Waals surface area contributed by atoms with E-state index in [2.05, 4.69) is 42.0 Å². The Hall–Kier alpha value is -1.39. The van der Waals surface area contributed by atoms with Gasteiger partial charge in [-0.25, -0.2) is 4.98 Å². The van der Waals surface area contributed by atoms with E-state index in [9.17, 15) is 0 Å². The van der Waals surface area contributed by atoms with Gasteiger partial charge in [-0.05, 0) is 30.5 Å². The van der Waals surface area contributed by atoms with Crippen molar-refractivity contribution in [2.75, 3.05) is 7.11 Å². The van der Waals surface area contributed by atoms with Crippen LogP contribution in [0.5, 0.6) is 0 Å². The van der Waals surface area contributed by atoms with Crippen LogP contribution in [0.2, 0.25) is 0 Å². The topological polar surface area (TPSA) is 63.9 Å². The molecule has 1 aromatic heterocycles. The Kier molecular flexibility index (Phi) is 3.68. The molecule has 0 saturated heterocycles. The molecule has 4 nitrogen and oxygen atoms in total. The maximum absolute atomic E-state index is 6.09. The lowest BCUT2D eigenvalue weighted by atomic mass is 10.0. The van der Waals surface area contributed by atoms with E-state index >= 15 is 0 Å². The van der Waals surface area contributed by atoms with Crippen molar-refractivity contribution in [2.24, 2.45) is 5.73 Å². The van der Waals surface area contributed by atoms with Gasteiger partial charge in [-0.15, -0.1) is 0 Å². The maximum Gasteiger partial charge on any atom is 0.126 e. The number of benzene rings is 1. The normalized spacial score (nSPS) is 15.2. The molecule has 0 aliphatic rings. The predicted molar refractivity (Wildman–Crippen MR) is 73.6 cm³/mol. The summed E-state index contributed by atoms with van der Waals surface area (Å²) < 4.78 is 5.24. The third-order valence-electron chi connectivity index (χ3n) is 3.39. The number of H-pyrrole nitrogens is 1. The van der Waals surface area contributed by atoms with Crippen molar-refractivity contribution in [2.45, 2.75) is 38.8 Å². The number of ether oxygens (including phenoxy) is 1. The summed E-state index contributed by atoms with van der Waals surface area (Å²) in [6.45, 7) is 6.29. The highest BCUT2D eigenvalue weighted by atomic mass is 16.5. The van der Waals surface area contributed by atoms with Gasteiger partial charge in [-0.1, -0.05) is 19.9 Å². The summed E-state index contributed by atoms with van der Waals surface area (Å²) >= 11 is 0. The molecule has 0 fully saturated rings. The van der Waals surface area contributed by atoms with E-state index in [0.717, 1.165) is 16.9 Å². The number of aromatic amines is 1. The third-order valence-corrected chi connectivity index (χ3v) is 3.39. The second-order valence-corrected chi connectivity index (χ2v) is 5.02. The molecule has 0 aliphatic heterocycles. The van der Waals surface area contributed by atoms with Crippen LogP contribution in [0, 0.1) is 0 Å². The van der Waals surface area contributed by atoms with Crippen molar-refractivity contribution >= 4 is 11.0 Å². The van der Waals surface area contributed by atoms with E-state index in [-0.39, 0.29) is 12.1 Å². The number of imidazole rings is 1. The molecule has 0 saturated carbocycles. The zero-order valence-corrected chi connectivity index (χ0v) is 11.4. The van der Waals surface area contributed by atoms with Crippen LogP contribution in [0.4, 0.5) is 0 Å². The van der Waals surface area contributed by atoms with Crippen molar-refractivity contribution in [3.05, 3.63) is 29.6 Å². The summed E-state index contributed by atoms with van der Waals surface area (Å²) in [5.74, 6) is 1.28. The fourth-order valence-electron chi connectivity index (χ4n) is 1.93. The quantitative estimate of drug-likeness (QED) is 0.873. The number of fused-ring (bicyclic) bond motifs is 1. The van der Waals surface area contributed by atoms with Gasteiger partial charge in [0.1, 0.15) is 5.82 Å². The fraction of sp³-hybridized carbons (Fsp3) is 0.500. The summed E-state index contributed by atoms with van der Waals surface area (Å²) in [5.41, 5.74) is 9.37. The average Bonchev–Trinajstić information content (AvgIpc) is 2.79. The van der Waals surface area contributed by atoms with E-state index in [1.807, 2.05) is 6.92 Å². The van der Waals surface area contributed by atoms with Gasteiger partial charge >= 0.3 is 0 Å². The van der Waals surface area contributed by atoms with Crippen LogP contribution in [-0.4, -0.2) is 23.2 Å². The van der Waals surface area contributed by atoms with Gasteiger partial charge in [0.25, 0.3) is 0 Å². The van der Waals surface area contributed by atoms with Crippen molar-refractivity contribution < 1.29 is 4.74 Å². The van der Waals surface area contributed by atoms with Crippen molar-refractivity contribution in [3.8, 4) is 0 Å². The van der Waals surface area contributed by atoms with Gasteiger partial charge in [0.2, 0.25) is 0 Å². The van der Waals surface area contributed by atoms with Crippen LogP contribution in [0.1, 0.15) is 44.1 Å². The van der Waals surface area contributed by atoms with Crippen molar-refractivity contribution in [1.82, 2.24) is 9.97 Å². The number of nitrogens with two attached hydrogens (primary N) is 1. The van der Waals surface area contributed by atoms with E-state index < -0.39 is 0 Å². The summed E-state index contributed by atoms with van der Waals surface area (Å²) in [7, 11) is 1.66. The molecule has 1 aromatic carbocycles.